The summed E-state index contributed by atoms with van der Waals surface area (Å²) in [4.78, 5) is 29.0. The first-order valence-electron chi connectivity index (χ1n) is 7.41. The van der Waals surface area contributed by atoms with Crippen LogP contribution in [0.4, 0.5) is 4.79 Å². The molecule has 2 amide bonds. The van der Waals surface area contributed by atoms with E-state index in [0.717, 1.165) is 16.8 Å². The van der Waals surface area contributed by atoms with Gasteiger partial charge in [-0.3, -0.25) is 9.78 Å². The van der Waals surface area contributed by atoms with Crippen molar-refractivity contribution in [2.45, 2.75) is 19.5 Å². The highest BCUT2D eigenvalue weighted by Crippen LogP contribution is 2.22. The van der Waals surface area contributed by atoms with Gasteiger partial charge in [0.15, 0.2) is 0 Å². The quantitative estimate of drug-likeness (QED) is 0.905. The standard InChI is InChI=1S/C17H17N3O3/c21-16(20-10-14-2-1-8-18-15(14)11-20)13-5-3-12(4-6-13)7-9-19-17(22)23/h1-6,8,19H,7,9-11H2,(H,22,23). The zero-order valence-corrected chi connectivity index (χ0v) is 12.5. The third kappa shape index (κ3) is 3.48. The molecular formula is C17H17N3O3. The molecule has 0 saturated carbocycles. The van der Waals surface area contributed by atoms with E-state index in [1.807, 2.05) is 24.3 Å². The number of rotatable bonds is 4. The van der Waals surface area contributed by atoms with Gasteiger partial charge in [0.2, 0.25) is 0 Å². The normalized spacial score (nSPS) is 12.8. The first-order chi connectivity index (χ1) is 11.1. The Morgan fingerprint density at radius 1 is 1.17 bits per heavy atom. The van der Waals surface area contributed by atoms with Gasteiger partial charge in [0.05, 0.1) is 12.2 Å². The van der Waals surface area contributed by atoms with Crippen molar-refractivity contribution in [3.05, 3.63) is 65.0 Å². The molecule has 1 aliphatic heterocycles. The lowest BCUT2D eigenvalue weighted by Gasteiger charge is -2.15. The zero-order chi connectivity index (χ0) is 16.2. The highest BCUT2D eigenvalue weighted by molar-refractivity contribution is 5.94. The van der Waals surface area contributed by atoms with Crippen molar-refractivity contribution < 1.29 is 14.7 Å². The van der Waals surface area contributed by atoms with Gasteiger partial charge in [-0.1, -0.05) is 18.2 Å². The molecule has 6 nitrogen and oxygen atoms in total. The highest BCUT2D eigenvalue weighted by Gasteiger charge is 2.24. The van der Waals surface area contributed by atoms with Crippen LogP contribution < -0.4 is 5.32 Å². The molecule has 3 rings (SSSR count). The summed E-state index contributed by atoms with van der Waals surface area (Å²) < 4.78 is 0. The summed E-state index contributed by atoms with van der Waals surface area (Å²) in [6, 6.07) is 11.2. The van der Waals surface area contributed by atoms with E-state index in [2.05, 4.69) is 10.3 Å². The van der Waals surface area contributed by atoms with Gasteiger partial charge in [-0.2, -0.15) is 0 Å². The lowest BCUT2D eigenvalue weighted by atomic mass is 10.1. The molecule has 1 aromatic heterocycles. The number of nitrogens with zero attached hydrogens (tertiary/aromatic N) is 2. The average Bonchev–Trinajstić information content (AvgIpc) is 2.98. The Hall–Kier alpha value is -2.89. The maximum absolute atomic E-state index is 12.5. The molecule has 2 aromatic rings. The lowest BCUT2D eigenvalue weighted by molar-refractivity contribution is 0.0750. The van der Waals surface area contributed by atoms with Crippen LogP contribution in [0.15, 0.2) is 42.6 Å². The number of carbonyl (C=O) groups is 2. The zero-order valence-electron chi connectivity index (χ0n) is 12.5. The van der Waals surface area contributed by atoms with E-state index in [1.165, 1.54) is 0 Å². The molecule has 0 radical (unpaired) electrons. The molecule has 0 fully saturated rings. The summed E-state index contributed by atoms with van der Waals surface area (Å²) in [5.41, 5.74) is 3.67. The summed E-state index contributed by atoms with van der Waals surface area (Å²) in [5.74, 6) is -0.0155. The Bertz CT molecular complexity index is 703. The van der Waals surface area contributed by atoms with E-state index in [-0.39, 0.29) is 5.91 Å². The lowest BCUT2D eigenvalue weighted by Crippen LogP contribution is -2.25. The van der Waals surface area contributed by atoms with Crippen molar-refractivity contribution in [1.29, 1.82) is 0 Å². The summed E-state index contributed by atoms with van der Waals surface area (Å²) in [7, 11) is 0. The van der Waals surface area contributed by atoms with Crippen LogP contribution in [0.2, 0.25) is 0 Å². The molecule has 0 spiro atoms. The fourth-order valence-corrected chi connectivity index (χ4v) is 2.65. The van der Waals surface area contributed by atoms with Crippen LogP contribution in [0.25, 0.3) is 0 Å². The summed E-state index contributed by atoms with van der Waals surface area (Å²) in [6.45, 7) is 1.49. The van der Waals surface area contributed by atoms with E-state index >= 15 is 0 Å². The van der Waals surface area contributed by atoms with Crippen molar-refractivity contribution in [1.82, 2.24) is 15.2 Å². The molecule has 0 saturated heterocycles. The molecule has 1 aromatic carbocycles. The van der Waals surface area contributed by atoms with Crippen LogP contribution in [0.5, 0.6) is 0 Å². The van der Waals surface area contributed by atoms with Crippen molar-refractivity contribution in [2.75, 3.05) is 6.54 Å². The predicted octanol–water partition coefficient (Wildman–Crippen LogP) is 2.05. The van der Waals surface area contributed by atoms with Crippen LogP contribution in [0.3, 0.4) is 0 Å². The molecule has 2 N–H and O–H groups in total. The van der Waals surface area contributed by atoms with E-state index in [9.17, 15) is 9.59 Å². The number of hydrogen-bond acceptors (Lipinski definition) is 3. The number of carbonyl (C=O) groups excluding carboxylic acids is 1. The number of benzene rings is 1. The molecule has 0 atom stereocenters. The fourth-order valence-electron chi connectivity index (χ4n) is 2.65. The second kappa shape index (κ2) is 6.48. The Kier molecular flexibility index (Phi) is 4.23. The summed E-state index contributed by atoms with van der Waals surface area (Å²) in [5, 5.41) is 10.9. The van der Waals surface area contributed by atoms with Gasteiger partial charge in [0.1, 0.15) is 0 Å². The maximum atomic E-state index is 12.5. The summed E-state index contributed by atoms with van der Waals surface area (Å²) >= 11 is 0. The molecule has 118 valence electrons. The van der Waals surface area contributed by atoms with Gasteiger partial charge in [0, 0.05) is 24.8 Å². The van der Waals surface area contributed by atoms with E-state index in [0.29, 0.717) is 31.6 Å². The maximum Gasteiger partial charge on any atom is 0.404 e. The molecule has 2 heterocycles. The third-order valence-corrected chi connectivity index (χ3v) is 3.86. The second-order valence-electron chi connectivity index (χ2n) is 5.45. The smallest absolute Gasteiger partial charge is 0.404 e. The molecule has 0 unspecified atom stereocenters. The average molecular weight is 311 g/mol. The van der Waals surface area contributed by atoms with Crippen LogP contribution in [0, 0.1) is 0 Å². The number of amides is 2. The van der Waals surface area contributed by atoms with Crippen LogP contribution >= 0.6 is 0 Å². The van der Waals surface area contributed by atoms with Crippen LogP contribution in [-0.2, 0) is 19.5 Å². The number of carboxylic acid groups (broad SMARTS) is 1. The van der Waals surface area contributed by atoms with E-state index in [1.54, 1.807) is 23.2 Å². The molecule has 23 heavy (non-hydrogen) atoms. The van der Waals surface area contributed by atoms with Crippen molar-refractivity contribution >= 4 is 12.0 Å². The van der Waals surface area contributed by atoms with Gasteiger partial charge in [-0.25, -0.2) is 4.79 Å². The van der Waals surface area contributed by atoms with Gasteiger partial charge in [0.25, 0.3) is 5.91 Å². The van der Waals surface area contributed by atoms with Crippen LogP contribution in [-0.4, -0.2) is 33.5 Å². The molecule has 6 heteroatoms. The van der Waals surface area contributed by atoms with Crippen molar-refractivity contribution in [3.8, 4) is 0 Å². The Morgan fingerprint density at radius 3 is 2.65 bits per heavy atom. The number of nitrogens with one attached hydrogen (secondary N) is 1. The van der Waals surface area contributed by atoms with Gasteiger partial charge in [-0.05, 0) is 35.7 Å². The van der Waals surface area contributed by atoms with Gasteiger partial charge in [-0.15, -0.1) is 0 Å². The fraction of sp³-hybridized carbons (Fsp3) is 0.235. The molecular weight excluding hydrogens is 294 g/mol. The Labute approximate surface area is 133 Å². The minimum atomic E-state index is -1.03. The second-order valence-corrected chi connectivity index (χ2v) is 5.45. The first kappa shape index (κ1) is 15.0. The number of aromatic nitrogens is 1. The topological polar surface area (TPSA) is 82.5 Å². The SMILES string of the molecule is O=C(O)NCCc1ccc(C(=O)N2Cc3cccnc3C2)cc1. The largest absolute Gasteiger partial charge is 0.465 e. The van der Waals surface area contributed by atoms with Crippen molar-refractivity contribution in [2.24, 2.45) is 0 Å². The molecule has 1 aliphatic rings. The van der Waals surface area contributed by atoms with Gasteiger partial charge >= 0.3 is 6.09 Å². The predicted molar refractivity (Wildman–Crippen MR) is 84.0 cm³/mol. The van der Waals surface area contributed by atoms with Crippen LogP contribution in [0.1, 0.15) is 27.2 Å². The minimum Gasteiger partial charge on any atom is -0.465 e. The monoisotopic (exact) mass is 311 g/mol. The molecule has 0 aliphatic carbocycles. The number of pyridine rings is 1. The van der Waals surface area contributed by atoms with E-state index < -0.39 is 6.09 Å². The minimum absolute atomic E-state index is 0.0155. The third-order valence-electron chi connectivity index (χ3n) is 3.86. The van der Waals surface area contributed by atoms with Gasteiger partial charge < -0.3 is 15.3 Å². The number of fused-ring (bicyclic) bond motifs is 1. The Morgan fingerprint density at radius 2 is 1.96 bits per heavy atom. The summed E-state index contributed by atoms with van der Waals surface area (Å²) in [6.07, 6.45) is 1.31. The first-order valence-corrected chi connectivity index (χ1v) is 7.41. The molecule has 0 bridgehead atoms. The van der Waals surface area contributed by atoms with E-state index in [4.69, 9.17) is 5.11 Å². The van der Waals surface area contributed by atoms with Crippen molar-refractivity contribution in [3.63, 3.8) is 0 Å². The highest BCUT2D eigenvalue weighted by atomic mass is 16.4. The number of hydrogen-bond donors (Lipinski definition) is 2. The Balaban J connectivity index is 1.61.